The van der Waals surface area contributed by atoms with Gasteiger partial charge in [-0.15, -0.1) is 0 Å². The van der Waals surface area contributed by atoms with Crippen molar-refractivity contribution in [2.75, 3.05) is 0 Å². The standard InChI is InChI=1S/C17H19BrClNO/c1-3-15(20)17(13-6-4-5-7-14(13)18)21-16-10-12(19)9-8-11(16)2/h4-10,15,17H,3,20H2,1-2H3. The van der Waals surface area contributed by atoms with Gasteiger partial charge >= 0.3 is 0 Å². The molecule has 2 aromatic rings. The maximum atomic E-state index is 6.28. The fraction of sp³-hybridized carbons (Fsp3) is 0.294. The van der Waals surface area contributed by atoms with Crippen LogP contribution in [0.2, 0.25) is 5.02 Å². The monoisotopic (exact) mass is 367 g/mol. The van der Waals surface area contributed by atoms with Crippen LogP contribution in [0.5, 0.6) is 5.75 Å². The van der Waals surface area contributed by atoms with Gasteiger partial charge in [-0.2, -0.15) is 0 Å². The molecular formula is C17H19BrClNO. The predicted octanol–water partition coefficient (Wildman–Crippen LogP) is 5.27. The number of rotatable bonds is 5. The number of hydrogen-bond acceptors (Lipinski definition) is 2. The van der Waals surface area contributed by atoms with E-state index in [-0.39, 0.29) is 12.1 Å². The Balaban J connectivity index is 2.38. The summed E-state index contributed by atoms with van der Waals surface area (Å²) in [4.78, 5) is 0. The normalized spacial score (nSPS) is 13.8. The summed E-state index contributed by atoms with van der Waals surface area (Å²) >= 11 is 9.65. The molecule has 0 amide bonds. The van der Waals surface area contributed by atoms with Crippen LogP contribution in [0.15, 0.2) is 46.9 Å². The number of benzene rings is 2. The van der Waals surface area contributed by atoms with Crippen LogP contribution >= 0.6 is 27.5 Å². The van der Waals surface area contributed by atoms with E-state index < -0.39 is 0 Å². The molecule has 0 aliphatic heterocycles. The van der Waals surface area contributed by atoms with E-state index >= 15 is 0 Å². The first-order valence-corrected chi connectivity index (χ1v) is 8.12. The molecule has 0 heterocycles. The molecule has 2 aromatic carbocycles. The molecule has 0 spiro atoms. The third-order valence-corrected chi connectivity index (χ3v) is 4.43. The quantitative estimate of drug-likeness (QED) is 0.780. The topological polar surface area (TPSA) is 35.2 Å². The van der Waals surface area contributed by atoms with Gasteiger partial charge < -0.3 is 10.5 Å². The first-order chi connectivity index (χ1) is 10.0. The predicted molar refractivity (Wildman–Crippen MR) is 92.0 cm³/mol. The highest BCUT2D eigenvalue weighted by molar-refractivity contribution is 9.10. The third kappa shape index (κ3) is 4.00. The molecule has 0 fully saturated rings. The van der Waals surface area contributed by atoms with E-state index in [1.807, 2.05) is 49.4 Å². The Morgan fingerprint density at radius 1 is 1.24 bits per heavy atom. The van der Waals surface area contributed by atoms with Gasteiger partial charge in [0.2, 0.25) is 0 Å². The van der Waals surface area contributed by atoms with Crippen molar-refractivity contribution in [3.05, 3.63) is 63.1 Å². The van der Waals surface area contributed by atoms with Crippen LogP contribution in [0.25, 0.3) is 0 Å². The van der Waals surface area contributed by atoms with E-state index in [1.54, 1.807) is 0 Å². The minimum absolute atomic E-state index is 0.0953. The summed E-state index contributed by atoms with van der Waals surface area (Å²) in [6.07, 6.45) is 0.605. The van der Waals surface area contributed by atoms with Gasteiger partial charge in [-0.1, -0.05) is 58.7 Å². The zero-order chi connectivity index (χ0) is 15.4. The van der Waals surface area contributed by atoms with Gasteiger partial charge in [-0.05, 0) is 37.1 Å². The van der Waals surface area contributed by atoms with E-state index in [1.165, 1.54) is 0 Å². The average Bonchev–Trinajstić information content (AvgIpc) is 2.48. The Bertz CT molecular complexity index is 617. The van der Waals surface area contributed by atoms with Gasteiger partial charge in [0.05, 0.1) is 0 Å². The maximum absolute atomic E-state index is 6.28. The number of halogens is 2. The molecule has 21 heavy (non-hydrogen) atoms. The van der Waals surface area contributed by atoms with Crippen LogP contribution in [-0.2, 0) is 0 Å². The molecule has 4 heteroatoms. The lowest BCUT2D eigenvalue weighted by molar-refractivity contribution is 0.169. The molecule has 0 saturated heterocycles. The summed E-state index contributed by atoms with van der Waals surface area (Å²) in [6, 6.07) is 13.5. The molecule has 2 atom stereocenters. The second-order valence-electron chi connectivity index (χ2n) is 5.04. The highest BCUT2D eigenvalue weighted by Crippen LogP contribution is 2.33. The molecule has 0 aliphatic carbocycles. The summed E-state index contributed by atoms with van der Waals surface area (Å²) in [5.41, 5.74) is 8.36. The van der Waals surface area contributed by atoms with Gasteiger partial charge in [0.25, 0.3) is 0 Å². The summed E-state index contributed by atoms with van der Waals surface area (Å²) < 4.78 is 7.20. The van der Waals surface area contributed by atoms with E-state index in [2.05, 4.69) is 22.9 Å². The van der Waals surface area contributed by atoms with Crippen LogP contribution < -0.4 is 10.5 Å². The molecular weight excluding hydrogens is 350 g/mol. The molecule has 2 nitrogen and oxygen atoms in total. The van der Waals surface area contributed by atoms with E-state index in [0.717, 1.165) is 27.8 Å². The molecule has 2 N–H and O–H groups in total. The molecule has 0 saturated carbocycles. The first kappa shape index (κ1) is 16.3. The lowest BCUT2D eigenvalue weighted by Crippen LogP contribution is -2.31. The fourth-order valence-corrected chi connectivity index (χ4v) is 2.81. The van der Waals surface area contributed by atoms with Crippen molar-refractivity contribution in [3.8, 4) is 5.75 Å². The van der Waals surface area contributed by atoms with Crippen molar-refractivity contribution in [2.24, 2.45) is 5.73 Å². The minimum atomic E-state index is -0.220. The number of aryl methyl sites for hydroxylation is 1. The second-order valence-corrected chi connectivity index (χ2v) is 6.33. The largest absolute Gasteiger partial charge is 0.484 e. The summed E-state index contributed by atoms with van der Waals surface area (Å²) in [7, 11) is 0. The fourth-order valence-electron chi connectivity index (χ4n) is 2.14. The Morgan fingerprint density at radius 2 is 1.95 bits per heavy atom. The lowest BCUT2D eigenvalue weighted by Gasteiger charge is -2.26. The van der Waals surface area contributed by atoms with Crippen molar-refractivity contribution in [2.45, 2.75) is 32.4 Å². The summed E-state index contributed by atoms with van der Waals surface area (Å²) in [5, 5.41) is 0.659. The van der Waals surface area contributed by atoms with E-state index in [4.69, 9.17) is 22.1 Å². The van der Waals surface area contributed by atoms with Gasteiger partial charge in [0.15, 0.2) is 0 Å². The van der Waals surface area contributed by atoms with Crippen molar-refractivity contribution in [3.63, 3.8) is 0 Å². The highest BCUT2D eigenvalue weighted by Gasteiger charge is 2.23. The molecule has 0 aromatic heterocycles. The van der Waals surface area contributed by atoms with Crippen molar-refractivity contribution in [1.82, 2.24) is 0 Å². The van der Waals surface area contributed by atoms with Crippen LogP contribution in [-0.4, -0.2) is 6.04 Å². The SMILES string of the molecule is CCC(N)C(Oc1cc(Cl)ccc1C)c1ccccc1Br. The van der Waals surface area contributed by atoms with E-state index in [0.29, 0.717) is 5.02 Å². The Morgan fingerprint density at radius 3 is 2.62 bits per heavy atom. The van der Waals surface area contributed by atoms with E-state index in [9.17, 15) is 0 Å². The van der Waals surface area contributed by atoms with Crippen LogP contribution in [0, 0.1) is 6.92 Å². The number of hydrogen-bond donors (Lipinski definition) is 1. The minimum Gasteiger partial charge on any atom is -0.484 e. The maximum Gasteiger partial charge on any atom is 0.140 e. The summed E-state index contributed by atoms with van der Waals surface area (Å²) in [6.45, 7) is 4.06. The zero-order valence-electron chi connectivity index (χ0n) is 12.1. The first-order valence-electron chi connectivity index (χ1n) is 6.95. The lowest BCUT2D eigenvalue weighted by atomic mass is 10.0. The molecule has 0 radical (unpaired) electrons. The Kier molecular flexibility index (Phi) is 5.68. The third-order valence-electron chi connectivity index (χ3n) is 3.48. The Hall–Kier alpha value is -1.03. The van der Waals surface area contributed by atoms with Crippen LogP contribution in [0.4, 0.5) is 0 Å². The smallest absolute Gasteiger partial charge is 0.140 e. The molecule has 2 unspecified atom stereocenters. The number of nitrogens with two attached hydrogens (primary N) is 1. The highest BCUT2D eigenvalue weighted by atomic mass is 79.9. The van der Waals surface area contributed by atoms with Crippen molar-refractivity contribution in [1.29, 1.82) is 0 Å². The van der Waals surface area contributed by atoms with Crippen LogP contribution in [0.3, 0.4) is 0 Å². The summed E-state index contributed by atoms with van der Waals surface area (Å²) in [5.74, 6) is 0.771. The average molecular weight is 369 g/mol. The zero-order valence-corrected chi connectivity index (χ0v) is 14.5. The second kappa shape index (κ2) is 7.30. The van der Waals surface area contributed by atoms with Gasteiger partial charge in [-0.3, -0.25) is 0 Å². The number of ether oxygens (including phenoxy) is 1. The van der Waals surface area contributed by atoms with Gasteiger partial charge in [0, 0.05) is 21.1 Å². The Labute approximate surface area is 139 Å². The molecule has 0 aliphatic rings. The molecule has 2 rings (SSSR count). The molecule has 0 bridgehead atoms. The van der Waals surface area contributed by atoms with Gasteiger partial charge in [-0.25, -0.2) is 0 Å². The molecule has 112 valence electrons. The van der Waals surface area contributed by atoms with Gasteiger partial charge in [0.1, 0.15) is 11.9 Å². The van der Waals surface area contributed by atoms with Crippen LogP contribution in [0.1, 0.15) is 30.6 Å². The van der Waals surface area contributed by atoms with Crippen molar-refractivity contribution >= 4 is 27.5 Å². The van der Waals surface area contributed by atoms with Crippen molar-refractivity contribution < 1.29 is 4.74 Å².